The molecule has 3 heterocycles. The maximum atomic E-state index is 13.1. The minimum absolute atomic E-state index is 0.00799. The zero-order valence-corrected chi connectivity index (χ0v) is 16.7. The normalized spacial score (nSPS) is 22.8. The second-order valence-electron chi connectivity index (χ2n) is 8.11. The predicted octanol–water partition coefficient (Wildman–Crippen LogP) is 2.01. The summed E-state index contributed by atoms with van der Waals surface area (Å²) < 4.78 is 0. The molecule has 152 valence electrons. The zero-order valence-electron chi connectivity index (χ0n) is 16.7. The molecule has 8 nitrogen and oxygen atoms in total. The van der Waals surface area contributed by atoms with Gasteiger partial charge in [0.1, 0.15) is 5.69 Å². The van der Waals surface area contributed by atoms with E-state index >= 15 is 0 Å². The number of nitrogens with one attached hydrogen (secondary N) is 1. The minimum Gasteiger partial charge on any atom is -0.347 e. The average molecular weight is 402 g/mol. The van der Waals surface area contributed by atoms with E-state index in [9.17, 15) is 9.59 Å². The molecule has 0 radical (unpaired) electrons. The van der Waals surface area contributed by atoms with Crippen molar-refractivity contribution >= 4 is 22.8 Å². The van der Waals surface area contributed by atoms with Crippen LogP contribution in [0.25, 0.3) is 11.0 Å². The maximum Gasteiger partial charge on any atom is 0.271 e. The molecule has 2 aromatic heterocycles. The molecule has 5 rings (SSSR count). The van der Waals surface area contributed by atoms with Gasteiger partial charge < -0.3 is 10.2 Å². The smallest absolute Gasteiger partial charge is 0.271 e. The molecule has 1 aliphatic carbocycles. The van der Waals surface area contributed by atoms with E-state index in [0.717, 1.165) is 24.1 Å². The van der Waals surface area contributed by atoms with Gasteiger partial charge in [0.05, 0.1) is 22.9 Å². The van der Waals surface area contributed by atoms with Gasteiger partial charge in [-0.2, -0.15) is 0 Å². The van der Waals surface area contributed by atoms with E-state index in [1.807, 2.05) is 24.0 Å². The molecule has 2 bridgehead atoms. The van der Waals surface area contributed by atoms with E-state index in [1.54, 1.807) is 24.7 Å². The van der Waals surface area contributed by atoms with Crippen LogP contribution in [0.3, 0.4) is 0 Å². The van der Waals surface area contributed by atoms with Gasteiger partial charge in [0.2, 0.25) is 0 Å². The summed E-state index contributed by atoms with van der Waals surface area (Å²) in [6.45, 7) is 3.11. The van der Waals surface area contributed by atoms with Gasteiger partial charge in [-0.05, 0) is 49.8 Å². The topological polar surface area (TPSA) is 101 Å². The van der Waals surface area contributed by atoms with Gasteiger partial charge >= 0.3 is 0 Å². The Labute approximate surface area is 173 Å². The van der Waals surface area contributed by atoms with Crippen molar-refractivity contribution in [3.05, 3.63) is 59.9 Å². The Morgan fingerprint density at radius 3 is 2.40 bits per heavy atom. The number of fused-ring (bicyclic) bond motifs is 3. The lowest BCUT2D eigenvalue weighted by atomic mass is 9.91. The van der Waals surface area contributed by atoms with E-state index < -0.39 is 0 Å². The fraction of sp³-hybridized carbons (Fsp3) is 0.364. The van der Waals surface area contributed by atoms with E-state index in [4.69, 9.17) is 0 Å². The molecule has 2 fully saturated rings. The summed E-state index contributed by atoms with van der Waals surface area (Å²) in [6, 6.07) is 5.51. The quantitative estimate of drug-likeness (QED) is 0.719. The molecule has 2 aliphatic rings. The second kappa shape index (κ2) is 7.44. The molecule has 1 saturated carbocycles. The first-order valence-corrected chi connectivity index (χ1v) is 10.2. The fourth-order valence-corrected chi connectivity index (χ4v) is 4.64. The average Bonchev–Trinajstić information content (AvgIpc) is 2.99. The van der Waals surface area contributed by atoms with Crippen LogP contribution in [0.4, 0.5) is 0 Å². The van der Waals surface area contributed by atoms with Crippen molar-refractivity contribution < 1.29 is 9.59 Å². The standard InChI is InChI=1S/C22H22N6O2/c1-13-9-26-19(10-25-13)21(29)27-20-15-2-3-16(20)12-28(11-15)22(30)14-4-5-17-18(8-14)24-7-6-23-17/h4-10,15-16,20H,2-3,11-12H2,1H3,(H,27,29)/t15-,16+,20?. The van der Waals surface area contributed by atoms with Gasteiger partial charge in [-0.1, -0.05) is 0 Å². The Hall–Kier alpha value is -3.42. The number of rotatable bonds is 3. The molecule has 2 amide bonds. The summed E-state index contributed by atoms with van der Waals surface area (Å²) >= 11 is 0. The highest BCUT2D eigenvalue weighted by atomic mass is 16.2. The summed E-state index contributed by atoms with van der Waals surface area (Å²) in [5, 5.41) is 3.14. The second-order valence-corrected chi connectivity index (χ2v) is 8.11. The van der Waals surface area contributed by atoms with Crippen LogP contribution in [0.2, 0.25) is 0 Å². The largest absolute Gasteiger partial charge is 0.347 e. The van der Waals surface area contributed by atoms with Gasteiger partial charge in [-0.3, -0.25) is 24.5 Å². The summed E-state index contributed by atoms with van der Waals surface area (Å²) in [6.07, 6.45) is 8.38. The highest BCUT2D eigenvalue weighted by Crippen LogP contribution is 2.37. The number of aryl methyl sites for hydroxylation is 1. The maximum absolute atomic E-state index is 13.1. The lowest BCUT2D eigenvalue weighted by molar-refractivity contribution is 0.0597. The molecular formula is C22H22N6O2. The van der Waals surface area contributed by atoms with Gasteiger partial charge in [0.25, 0.3) is 11.8 Å². The Bertz CT molecular complexity index is 1100. The molecule has 8 heteroatoms. The Morgan fingerprint density at radius 2 is 1.70 bits per heavy atom. The van der Waals surface area contributed by atoms with Gasteiger partial charge in [-0.15, -0.1) is 0 Å². The van der Waals surface area contributed by atoms with Crippen LogP contribution < -0.4 is 5.32 Å². The lowest BCUT2D eigenvalue weighted by Gasteiger charge is -2.38. The summed E-state index contributed by atoms with van der Waals surface area (Å²) in [5.41, 5.74) is 3.22. The molecular weight excluding hydrogens is 380 g/mol. The number of likely N-dealkylation sites (tertiary alicyclic amines) is 1. The Morgan fingerprint density at radius 1 is 0.967 bits per heavy atom. The fourth-order valence-electron chi connectivity index (χ4n) is 4.64. The lowest BCUT2D eigenvalue weighted by Crippen LogP contribution is -2.54. The van der Waals surface area contributed by atoms with Crippen LogP contribution in [0.1, 0.15) is 39.4 Å². The molecule has 1 N–H and O–H groups in total. The number of hydrogen-bond donors (Lipinski definition) is 1. The predicted molar refractivity (Wildman–Crippen MR) is 110 cm³/mol. The molecule has 30 heavy (non-hydrogen) atoms. The van der Waals surface area contributed by atoms with Crippen molar-refractivity contribution in [2.24, 2.45) is 11.8 Å². The van der Waals surface area contributed by atoms with Crippen LogP contribution in [0, 0.1) is 18.8 Å². The van der Waals surface area contributed by atoms with Crippen molar-refractivity contribution in [1.29, 1.82) is 0 Å². The van der Waals surface area contributed by atoms with Crippen LogP contribution in [-0.2, 0) is 0 Å². The Kier molecular flexibility index (Phi) is 4.61. The van der Waals surface area contributed by atoms with Crippen LogP contribution in [0.15, 0.2) is 43.0 Å². The van der Waals surface area contributed by atoms with Crippen molar-refractivity contribution in [1.82, 2.24) is 30.2 Å². The number of piperidine rings is 1. The third-order valence-corrected chi connectivity index (χ3v) is 6.15. The number of carbonyl (C=O) groups excluding carboxylic acids is 2. The van der Waals surface area contributed by atoms with Gasteiger partial charge in [0.15, 0.2) is 0 Å². The first kappa shape index (κ1) is 18.6. The number of nitrogens with zero attached hydrogens (tertiary/aromatic N) is 5. The summed E-state index contributed by atoms with van der Waals surface area (Å²) in [4.78, 5) is 44.5. The van der Waals surface area contributed by atoms with Crippen LogP contribution in [-0.4, -0.2) is 55.8 Å². The first-order valence-electron chi connectivity index (χ1n) is 10.2. The van der Waals surface area contributed by atoms with Crippen LogP contribution in [0.5, 0.6) is 0 Å². The minimum atomic E-state index is -0.197. The first-order chi connectivity index (χ1) is 14.6. The zero-order chi connectivity index (χ0) is 20.7. The number of carbonyl (C=O) groups is 2. The van der Waals surface area contributed by atoms with E-state index in [-0.39, 0.29) is 29.7 Å². The monoisotopic (exact) mass is 402 g/mol. The highest BCUT2D eigenvalue weighted by Gasteiger charge is 2.44. The SMILES string of the molecule is Cc1cnc(C(=O)NC2[C@@H]3CC[C@H]2CN(C(=O)c2ccc4nccnc4c2)C3)cn1. The number of aromatic nitrogens is 4. The third-order valence-electron chi connectivity index (χ3n) is 6.15. The molecule has 1 aromatic carbocycles. The molecule has 0 spiro atoms. The summed E-state index contributed by atoms with van der Waals surface area (Å²) in [5.74, 6) is 0.302. The van der Waals surface area contributed by atoms with Gasteiger partial charge in [0, 0.05) is 43.3 Å². The Balaban J connectivity index is 1.29. The van der Waals surface area contributed by atoms with E-state index in [0.29, 0.717) is 29.9 Å². The highest BCUT2D eigenvalue weighted by molar-refractivity contribution is 5.97. The van der Waals surface area contributed by atoms with E-state index in [1.165, 1.54) is 6.20 Å². The number of amides is 2. The molecule has 3 atom stereocenters. The summed E-state index contributed by atoms with van der Waals surface area (Å²) in [7, 11) is 0. The van der Waals surface area contributed by atoms with Crippen molar-refractivity contribution in [3.8, 4) is 0 Å². The molecule has 3 aromatic rings. The number of hydrogen-bond acceptors (Lipinski definition) is 6. The van der Waals surface area contributed by atoms with Crippen LogP contribution >= 0.6 is 0 Å². The third kappa shape index (κ3) is 3.38. The van der Waals surface area contributed by atoms with E-state index in [2.05, 4.69) is 25.3 Å². The number of benzene rings is 1. The van der Waals surface area contributed by atoms with Crippen molar-refractivity contribution in [2.45, 2.75) is 25.8 Å². The van der Waals surface area contributed by atoms with Gasteiger partial charge in [-0.25, -0.2) is 4.98 Å². The molecule has 1 saturated heterocycles. The molecule has 1 aliphatic heterocycles. The van der Waals surface area contributed by atoms with Crippen molar-refractivity contribution in [3.63, 3.8) is 0 Å². The molecule has 1 unspecified atom stereocenters. The van der Waals surface area contributed by atoms with Crippen molar-refractivity contribution in [2.75, 3.05) is 13.1 Å².